The highest BCUT2D eigenvalue weighted by atomic mass is 16.5. The van der Waals surface area contributed by atoms with Crippen molar-refractivity contribution in [3.63, 3.8) is 0 Å². The van der Waals surface area contributed by atoms with Crippen molar-refractivity contribution in [1.29, 1.82) is 0 Å². The zero-order chi connectivity index (χ0) is 25.8. The van der Waals surface area contributed by atoms with E-state index >= 15 is 0 Å². The van der Waals surface area contributed by atoms with E-state index in [1.165, 1.54) is 4.90 Å². The Hall–Kier alpha value is -4.06. The van der Waals surface area contributed by atoms with Gasteiger partial charge in [0.2, 0.25) is 0 Å². The van der Waals surface area contributed by atoms with E-state index in [0.29, 0.717) is 47.4 Å². The molecule has 4 rings (SSSR count). The first-order chi connectivity index (χ1) is 17.3. The Balaban J connectivity index is 1.90. The molecule has 1 aliphatic rings. The number of hydrogen-bond acceptors (Lipinski definition) is 5. The van der Waals surface area contributed by atoms with Crippen LogP contribution in [0.5, 0.6) is 11.5 Å². The summed E-state index contributed by atoms with van der Waals surface area (Å²) in [4.78, 5) is 28.3. The minimum Gasteiger partial charge on any atom is -0.507 e. The summed E-state index contributed by atoms with van der Waals surface area (Å²) in [6.45, 7) is 8.89. The average Bonchev–Trinajstić information content (AvgIpc) is 3.14. The van der Waals surface area contributed by atoms with Crippen LogP contribution in [0.1, 0.15) is 56.3 Å². The van der Waals surface area contributed by atoms with Gasteiger partial charge in [0.05, 0.1) is 24.8 Å². The fraction of sp³-hybridized carbons (Fsp3) is 0.267. The number of ether oxygens (including phenoxy) is 2. The predicted molar refractivity (Wildman–Crippen MR) is 141 cm³/mol. The number of rotatable bonds is 8. The van der Waals surface area contributed by atoms with E-state index in [9.17, 15) is 14.7 Å². The first kappa shape index (κ1) is 25.0. The Morgan fingerprint density at radius 3 is 2.11 bits per heavy atom. The lowest BCUT2D eigenvalue weighted by molar-refractivity contribution is -0.132. The minimum absolute atomic E-state index is 0.0234. The van der Waals surface area contributed by atoms with E-state index < -0.39 is 17.7 Å². The Morgan fingerprint density at radius 1 is 0.889 bits per heavy atom. The van der Waals surface area contributed by atoms with E-state index in [-0.39, 0.29) is 11.3 Å². The minimum atomic E-state index is -0.828. The SMILES string of the molecule is CCOc1cccc(/C(O)=C2/C(=O)C(=O)N(c3ccc(C(C)C)cc3)C2c2cccc(OCC)c2)c1. The number of carbonyl (C=O) groups is 2. The van der Waals surface area contributed by atoms with Gasteiger partial charge in [-0.2, -0.15) is 0 Å². The van der Waals surface area contributed by atoms with Crippen LogP contribution in [-0.2, 0) is 9.59 Å². The average molecular weight is 486 g/mol. The van der Waals surface area contributed by atoms with E-state index in [1.807, 2.05) is 56.3 Å². The van der Waals surface area contributed by atoms with Crippen molar-refractivity contribution in [3.05, 3.63) is 95.1 Å². The summed E-state index contributed by atoms with van der Waals surface area (Å²) in [7, 11) is 0. The topological polar surface area (TPSA) is 76.1 Å². The van der Waals surface area contributed by atoms with Gasteiger partial charge in [0.25, 0.3) is 11.7 Å². The molecule has 1 atom stereocenters. The van der Waals surface area contributed by atoms with Crippen LogP contribution < -0.4 is 14.4 Å². The van der Waals surface area contributed by atoms with Gasteiger partial charge in [-0.25, -0.2) is 0 Å². The zero-order valence-electron chi connectivity index (χ0n) is 21.0. The number of amides is 1. The summed E-state index contributed by atoms with van der Waals surface area (Å²) in [5, 5.41) is 11.4. The molecule has 1 amide bonds. The van der Waals surface area contributed by atoms with E-state index in [0.717, 1.165) is 5.56 Å². The van der Waals surface area contributed by atoms with Crippen LogP contribution in [0.25, 0.3) is 5.76 Å². The number of anilines is 1. The summed E-state index contributed by atoms with van der Waals surface area (Å²) in [6, 6.07) is 20.9. The Kier molecular flexibility index (Phi) is 7.44. The highest BCUT2D eigenvalue weighted by Crippen LogP contribution is 2.43. The van der Waals surface area contributed by atoms with Crippen LogP contribution in [0, 0.1) is 0 Å². The number of nitrogens with zero attached hydrogens (tertiary/aromatic N) is 1. The summed E-state index contributed by atoms with van der Waals surface area (Å²) < 4.78 is 11.3. The fourth-order valence-electron chi connectivity index (χ4n) is 4.43. The third-order valence-electron chi connectivity index (χ3n) is 6.19. The molecule has 1 unspecified atom stereocenters. The van der Waals surface area contributed by atoms with Crippen molar-refractivity contribution >= 4 is 23.1 Å². The van der Waals surface area contributed by atoms with Crippen LogP contribution in [0.2, 0.25) is 0 Å². The molecule has 6 heteroatoms. The van der Waals surface area contributed by atoms with Gasteiger partial charge in [0.15, 0.2) is 0 Å². The van der Waals surface area contributed by atoms with E-state index in [2.05, 4.69) is 13.8 Å². The van der Waals surface area contributed by atoms with Crippen LogP contribution in [-0.4, -0.2) is 30.0 Å². The van der Waals surface area contributed by atoms with Crippen LogP contribution in [0.15, 0.2) is 78.4 Å². The third-order valence-corrected chi connectivity index (χ3v) is 6.19. The molecule has 0 saturated carbocycles. The van der Waals surface area contributed by atoms with Crippen molar-refractivity contribution in [2.75, 3.05) is 18.1 Å². The molecule has 0 aromatic heterocycles. The molecule has 0 bridgehead atoms. The van der Waals surface area contributed by atoms with Crippen LogP contribution in [0.4, 0.5) is 5.69 Å². The molecule has 0 radical (unpaired) electrons. The van der Waals surface area contributed by atoms with Crippen molar-refractivity contribution in [2.24, 2.45) is 0 Å². The largest absolute Gasteiger partial charge is 0.507 e. The molecular formula is C30H31NO5. The molecule has 1 saturated heterocycles. The maximum Gasteiger partial charge on any atom is 0.300 e. The number of aliphatic hydroxyl groups excluding tert-OH is 1. The second-order valence-electron chi connectivity index (χ2n) is 8.88. The number of hydrogen-bond donors (Lipinski definition) is 1. The Labute approximate surface area is 211 Å². The zero-order valence-corrected chi connectivity index (χ0v) is 21.0. The van der Waals surface area contributed by atoms with Crippen molar-refractivity contribution in [1.82, 2.24) is 0 Å². The van der Waals surface area contributed by atoms with Crippen molar-refractivity contribution in [3.8, 4) is 11.5 Å². The lowest BCUT2D eigenvalue weighted by atomic mass is 9.94. The molecule has 1 N–H and O–H groups in total. The molecule has 0 spiro atoms. The molecule has 0 aliphatic carbocycles. The van der Waals surface area contributed by atoms with Gasteiger partial charge in [-0.1, -0.05) is 50.2 Å². The van der Waals surface area contributed by atoms with Gasteiger partial charge in [-0.05, 0) is 67.3 Å². The highest BCUT2D eigenvalue weighted by molar-refractivity contribution is 6.51. The number of ketones is 1. The van der Waals surface area contributed by atoms with Crippen molar-refractivity contribution < 1.29 is 24.2 Å². The van der Waals surface area contributed by atoms with Crippen LogP contribution >= 0.6 is 0 Å². The van der Waals surface area contributed by atoms with Crippen LogP contribution in [0.3, 0.4) is 0 Å². The molecule has 3 aromatic carbocycles. The van der Waals surface area contributed by atoms with Gasteiger partial charge in [0.1, 0.15) is 17.3 Å². The first-order valence-corrected chi connectivity index (χ1v) is 12.2. The molecule has 186 valence electrons. The summed E-state index contributed by atoms with van der Waals surface area (Å²) in [6.07, 6.45) is 0. The summed E-state index contributed by atoms with van der Waals surface area (Å²) in [5.41, 5.74) is 2.79. The predicted octanol–water partition coefficient (Wildman–Crippen LogP) is 6.23. The molecule has 3 aromatic rings. The fourth-order valence-corrected chi connectivity index (χ4v) is 4.43. The van der Waals surface area contributed by atoms with Gasteiger partial charge < -0.3 is 14.6 Å². The smallest absolute Gasteiger partial charge is 0.300 e. The van der Waals surface area contributed by atoms with Gasteiger partial charge >= 0.3 is 0 Å². The van der Waals surface area contributed by atoms with Gasteiger partial charge in [-0.3, -0.25) is 14.5 Å². The van der Waals surface area contributed by atoms with E-state index in [4.69, 9.17) is 9.47 Å². The maximum absolute atomic E-state index is 13.4. The summed E-state index contributed by atoms with van der Waals surface area (Å²) >= 11 is 0. The highest BCUT2D eigenvalue weighted by Gasteiger charge is 2.47. The Bertz CT molecular complexity index is 1290. The molecule has 1 aliphatic heterocycles. The maximum atomic E-state index is 13.4. The molecule has 1 heterocycles. The van der Waals surface area contributed by atoms with Gasteiger partial charge in [0, 0.05) is 11.3 Å². The lowest BCUT2D eigenvalue weighted by Crippen LogP contribution is -2.29. The second kappa shape index (κ2) is 10.7. The number of benzene rings is 3. The van der Waals surface area contributed by atoms with E-state index in [1.54, 1.807) is 30.3 Å². The number of Topliss-reactive ketones (excluding diaryl/α,β-unsaturated/α-hetero) is 1. The number of carbonyl (C=O) groups excluding carboxylic acids is 2. The molecule has 6 nitrogen and oxygen atoms in total. The van der Waals surface area contributed by atoms with Gasteiger partial charge in [-0.15, -0.1) is 0 Å². The monoisotopic (exact) mass is 485 g/mol. The second-order valence-corrected chi connectivity index (χ2v) is 8.88. The standard InChI is InChI=1S/C30H31NO5/c1-5-35-24-11-7-9-21(17-24)27-26(28(32)22-10-8-12-25(18-22)36-6-2)29(33)30(34)31(27)23-15-13-20(14-16-23)19(3)4/h7-19,27,32H,5-6H2,1-4H3/b28-26-. The van der Waals surface area contributed by atoms with Crippen molar-refractivity contribution in [2.45, 2.75) is 39.7 Å². The molecule has 36 heavy (non-hydrogen) atoms. The lowest BCUT2D eigenvalue weighted by Gasteiger charge is -2.26. The normalized spacial score (nSPS) is 17.0. The summed E-state index contributed by atoms with van der Waals surface area (Å²) in [5.74, 6) is -0.173. The molecule has 1 fully saturated rings. The quantitative estimate of drug-likeness (QED) is 0.232. The third kappa shape index (κ3) is 4.85. The molecular weight excluding hydrogens is 454 g/mol. The number of aliphatic hydroxyl groups is 1. The first-order valence-electron chi connectivity index (χ1n) is 12.2. The Morgan fingerprint density at radius 2 is 1.50 bits per heavy atom.